The quantitative estimate of drug-likeness (QED) is 0.841. The number of hydrogen-bond acceptors (Lipinski definition) is 5. The molecule has 1 aliphatic rings. The van der Waals surface area contributed by atoms with Crippen molar-refractivity contribution in [3.8, 4) is 0 Å². The van der Waals surface area contributed by atoms with Gasteiger partial charge in [-0.15, -0.1) is 0 Å². The van der Waals surface area contributed by atoms with Gasteiger partial charge in [0.15, 0.2) is 0 Å². The molecule has 4 nitrogen and oxygen atoms in total. The van der Waals surface area contributed by atoms with Crippen LogP contribution >= 0.6 is 11.8 Å². The molecule has 0 aliphatic heterocycles. The maximum absolute atomic E-state index is 5.61. The van der Waals surface area contributed by atoms with Crippen molar-refractivity contribution < 1.29 is 0 Å². The average Bonchev–Trinajstić information content (AvgIpc) is 2.76. The number of hydrogen-bond donors (Lipinski definition) is 2. The zero-order chi connectivity index (χ0) is 11.4. The van der Waals surface area contributed by atoms with Crippen LogP contribution in [0.25, 0.3) is 0 Å². The first-order valence-corrected chi connectivity index (χ1v) is 6.84. The summed E-state index contributed by atoms with van der Waals surface area (Å²) in [5.41, 5.74) is 5.61. The van der Waals surface area contributed by atoms with Crippen LogP contribution in [0.2, 0.25) is 0 Å². The fourth-order valence-electron chi connectivity index (χ4n) is 2.17. The fourth-order valence-corrected chi connectivity index (χ4v) is 3.08. The summed E-state index contributed by atoms with van der Waals surface area (Å²) in [6.07, 6.45) is 9.10. The summed E-state index contributed by atoms with van der Waals surface area (Å²) in [6, 6.07) is 1.70. The third-order valence-electron chi connectivity index (χ3n) is 3.19. The minimum atomic E-state index is 0.369. The highest BCUT2D eigenvalue weighted by atomic mass is 32.2. The number of nitrogens with zero attached hydrogens (tertiary/aromatic N) is 2. The predicted octanol–water partition coefficient (Wildman–Crippen LogP) is 2.15. The Labute approximate surface area is 100 Å². The van der Waals surface area contributed by atoms with Crippen LogP contribution < -0.4 is 11.1 Å². The van der Waals surface area contributed by atoms with Gasteiger partial charge in [0.05, 0.1) is 0 Å². The van der Waals surface area contributed by atoms with Crippen LogP contribution in [0.5, 0.6) is 0 Å². The molecule has 1 aliphatic carbocycles. The van der Waals surface area contributed by atoms with E-state index in [0.717, 1.165) is 6.54 Å². The summed E-state index contributed by atoms with van der Waals surface area (Å²) in [4.78, 5) is 8.30. The first-order chi connectivity index (χ1) is 7.74. The van der Waals surface area contributed by atoms with Crippen LogP contribution in [0, 0.1) is 0 Å². The zero-order valence-corrected chi connectivity index (χ0v) is 10.4. The van der Waals surface area contributed by atoms with Gasteiger partial charge in [0.25, 0.3) is 0 Å². The number of aromatic nitrogens is 2. The average molecular weight is 238 g/mol. The third-order valence-corrected chi connectivity index (χ3v) is 4.61. The van der Waals surface area contributed by atoms with Crippen molar-refractivity contribution in [2.45, 2.75) is 30.4 Å². The van der Waals surface area contributed by atoms with E-state index < -0.39 is 0 Å². The second-order valence-electron chi connectivity index (χ2n) is 4.25. The number of rotatable bonds is 4. The maximum Gasteiger partial charge on any atom is 0.224 e. The summed E-state index contributed by atoms with van der Waals surface area (Å²) < 4.78 is 0.369. The van der Waals surface area contributed by atoms with Crippen molar-refractivity contribution in [3.63, 3.8) is 0 Å². The molecule has 1 saturated carbocycles. The highest BCUT2D eigenvalue weighted by Gasteiger charge is 2.32. The van der Waals surface area contributed by atoms with Gasteiger partial charge in [-0.2, -0.15) is 16.7 Å². The summed E-state index contributed by atoms with van der Waals surface area (Å²) in [5, 5.41) is 3.30. The Bertz CT molecular complexity index is 350. The van der Waals surface area contributed by atoms with E-state index in [2.05, 4.69) is 21.5 Å². The molecular weight excluding hydrogens is 220 g/mol. The molecule has 1 heterocycles. The molecule has 1 aromatic heterocycles. The third kappa shape index (κ3) is 2.58. The Morgan fingerprint density at radius 2 is 2.25 bits per heavy atom. The Kier molecular flexibility index (Phi) is 3.53. The van der Waals surface area contributed by atoms with E-state index in [9.17, 15) is 0 Å². The van der Waals surface area contributed by atoms with Gasteiger partial charge >= 0.3 is 0 Å². The lowest BCUT2D eigenvalue weighted by Gasteiger charge is -2.26. The Morgan fingerprint density at radius 3 is 2.88 bits per heavy atom. The van der Waals surface area contributed by atoms with Gasteiger partial charge in [-0.3, -0.25) is 0 Å². The zero-order valence-electron chi connectivity index (χ0n) is 9.57. The molecule has 0 unspecified atom stereocenters. The summed E-state index contributed by atoms with van der Waals surface area (Å²) in [6.45, 7) is 0.928. The van der Waals surface area contributed by atoms with E-state index in [-0.39, 0.29) is 0 Å². The monoisotopic (exact) mass is 238 g/mol. The second kappa shape index (κ2) is 4.91. The molecular formula is C11H18N4S. The van der Waals surface area contributed by atoms with Crippen LogP contribution in [-0.2, 0) is 0 Å². The fraction of sp³-hybridized carbons (Fsp3) is 0.636. The number of thioether (sulfide) groups is 1. The van der Waals surface area contributed by atoms with Gasteiger partial charge in [-0.25, -0.2) is 4.98 Å². The van der Waals surface area contributed by atoms with Crippen LogP contribution in [0.3, 0.4) is 0 Å². The molecule has 0 radical (unpaired) electrons. The first kappa shape index (κ1) is 11.5. The molecule has 0 spiro atoms. The lowest BCUT2D eigenvalue weighted by Crippen LogP contribution is -2.30. The standard InChI is InChI=1S/C11H18N4S/c1-16-11(5-2-3-6-11)8-14-10-13-7-4-9(12)15-10/h4,7H,2-3,5-6,8H2,1H3,(H3,12,13,14,15). The van der Waals surface area contributed by atoms with E-state index in [4.69, 9.17) is 5.73 Å². The molecule has 2 rings (SSSR count). The molecule has 5 heteroatoms. The van der Waals surface area contributed by atoms with Crippen molar-refractivity contribution in [3.05, 3.63) is 12.3 Å². The van der Waals surface area contributed by atoms with Crippen LogP contribution in [0.1, 0.15) is 25.7 Å². The maximum atomic E-state index is 5.61. The van der Waals surface area contributed by atoms with Gasteiger partial charge in [-0.1, -0.05) is 12.8 Å². The van der Waals surface area contributed by atoms with Gasteiger partial charge in [-0.05, 0) is 25.2 Å². The molecule has 88 valence electrons. The molecule has 1 aromatic rings. The van der Waals surface area contributed by atoms with Crippen LogP contribution in [0.4, 0.5) is 11.8 Å². The highest BCUT2D eigenvalue weighted by Crippen LogP contribution is 2.40. The molecule has 0 aromatic carbocycles. The van der Waals surface area contributed by atoms with Crippen LogP contribution in [-0.4, -0.2) is 27.5 Å². The minimum Gasteiger partial charge on any atom is -0.384 e. The van der Waals surface area contributed by atoms with E-state index in [0.29, 0.717) is 16.5 Å². The second-order valence-corrected chi connectivity index (χ2v) is 5.53. The Morgan fingerprint density at radius 1 is 1.50 bits per heavy atom. The molecule has 0 atom stereocenters. The number of anilines is 2. The number of nitrogen functional groups attached to an aromatic ring is 1. The van der Waals surface area contributed by atoms with Crippen molar-refractivity contribution in [1.29, 1.82) is 0 Å². The number of nitrogens with two attached hydrogens (primary N) is 1. The summed E-state index contributed by atoms with van der Waals surface area (Å²) >= 11 is 1.95. The van der Waals surface area contributed by atoms with Gasteiger partial charge < -0.3 is 11.1 Å². The van der Waals surface area contributed by atoms with Crippen molar-refractivity contribution >= 4 is 23.5 Å². The van der Waals surface area contributed by atoms with Crippen molar-refractivity contribution in [2.24, 2.45) is 0 Å². The van der Waals surface area contributed by atoms with Gasteiger partial charge in [0.1, 0.15) is 5.82 Å². The molecule has 1 fully saturated rings. The topological polar surface area (TPSA) is 63.8 Å². The predicted molar refractivity (Wildman–Crippen MR) is 69.6 cm³/mol. The normalized spacial score (nSPS) is 18.6. The van der Waals surface area contributed by atoms with E-state index in [1.165, 1.54) is 25.7 Å². The van der Waals surface area contributed by atoms with Gasteiger partial charge in [0, 0.05) is 17.5 Å². The highest BCUT2D eigenvalue weighted by molar-refractivity contribution is 8.00. The summed E-state index contributed by atoms with van der Waals surface area (Å²) in [7, 11) is 0. The van der Waals surface area contributed by atoms with E-state index in [1.807, 2.05) is 11.8 Å². The Balaban J connectivity index is 1.95. The Hall–Kier alpha value is -0.970. The smallest absolute Gasteiger partial charge is 0.224 e. The number of nitrogens with one attached hydrogen (secondary N) is 1. The molecule has 16 heavy (non-hydrogen) atoms. The largest absolute Gasteiger partial charge is 0.384 e. The van der Waals surface area contributed by atoms with Gasteiger partial charge in [0.2, 0.25) is 5.95 Å². The van der Waals surface area contributed by atoms with E-state index in [1.54, 1.807) is 12.3 Å². The molecule has 0 bridgehead atoms. The van der Waals surface area contributed by atoms with E-state index >= 15 is 0 Å². The molecule has 0 saturated heterocycles. The summed E-state index contributed by atoms with van der Waals surface area (Å²) in [5.74, 6) is 1.16. The molecule has 0 amide bonds. The minimum absolute atomic E-state index is 0.369. The van der Waals surface area contributed by atoms with Crippen molar-refractivity contribution in [1.82, 2.24) is 9.97 Å². The molecule has 3 N–H and O–H groups in total. The van der Waals surface area contributed by atoms with Crippen molar-refractivity contribution in [2.75, 3.05) is 23.9 Å². The lowest BCUT2D eigenvalue weighted by atomic mass is 10.1. The lowest BCUT2D eigenvalue weighted by molar-refractivity contribution is 0.637. The first-order valence-electron chi connectivity index (χ1n) is 5.62. The van der Waals surface area contributed by atoms with Crippen LogP contribution in [0.15, 0.2) is 12.3 Å². The SMILES string of the molecule is CSC1(CNc2nccc(N)n2)CCCC1.